The first-order valence-electron chi connectivity index (χ1n) is 6.42. The van der Waals surface area contributed by atoms with Crippen molar-refractivity contribution in [2.75, 3.05) is 12.4 Å². The van der Waals surface area contributed by atoms with Crippen LogP contribution in [0.25, 0.3) is 0 Å². The Balaban J connectivity index is 2.99. The third kappa shape index (κ3) is 4.09. The summed E-state index contributed by atoms with van der Waals surface area (Å²) in [7, 11) is 0. The lowest BCUT2D eigenvalue weighted by Crippen LogP contribution is -2.15. The average molecular weight is 264 g/mol. The SMILES string of the molecule is C=C(CS)COc1ccc(CC)cc1C(C)(C)C. The molecule has 2 heteroatoms. The molecule has 1 aromatic carbocycles. The van der Waals surface area contributed by atoms with E-state index < -0.39 is 0 Å². The number of benzene rings is 1. The second kappa shape index (κ2) is 6.33. The predicted octanol–water partition coefficient (Wildman–Crippen LogP) is 4.41. The van der Waals surface area contributed by atoms with E-state index in [2.05, 4.69) is 65.1 Å². The average Bonchev–Trinajstić information content (AvgIpc) is 2.34. The molecule has 0 amide bonds. The summed E-state index contributed by atoms with van der Waals surface area (Å²) in [6.07, 6.45) is 1.05. The van der Waals surface area contributed by atoms with E-state index in [9.17, 15) is 0 Å². The maximum absolute atomic E-state index is 5.87. The molecular formula is C16H24OS. The second-order valence-electron chi connectivity index (χ2n) is 5.63. The largest absolute Gasteiger partial charge is 0.489 e. The van der Waals surface area contributed by atoms with Crippen LogP contribution in [0.4, 0.5) is 0 Å². The molecule has 0 heterocycles. The summed E-state index contributed by atoms with van der Waals surface area (Å²) in [6.45, 7) is 13.3. The Morgan fingerprint density at radius 2 is 2.00 bits per heavy atom. The van der Waals surface area contributed by atoms with Gasteiger partial charge in [0.1, 0.15) is 12.4 Å². The normalized spacial score (nSPS) is 11.4. The Hall–Kier alpha value is -0.890. The van der Waals surface area contributed by atoms with Crippen molar-refractivity contribution >= 4 is 12.6 Å². The van der Waals surface area contributed by atoms with Gasteiger partial charge in [0.2, 0.25) is 0 Å². The number of hydrogen-bond acceptors (Lipinski definition) is 2. The van der Waals surface area contributed by atoms with Crippen LogP contribution in [0.2, 0.25) is 0 Å². The maximum atomic E-state index is 5.87. The molecule has 0 aliphatic carbocycles. The fraction of sp³-hybridized carbons (Fsp3) is 0.500. The molecule has 1 rings (SSSR count). The molecule has 0 spiro atoms. The first-order chi connectivity index (χ1) is 8.38. The van der Waals surface area contributed by atoms with Crippen molar-refractivity contribution in [1.29, 1.82) is 0 Å². The highest BCUT2D eigenvalue weighted by atomic mass is 32.1. The first kappa shape index (κ1) is 15.2. The van der Waals surface area contributed by atoms with Gasteiger partial charge < -0.3 is 4.74 Å². The Bertz CT molecular complexity index is 416. The van der Waals surface area contributed by atoms with Gasteiger partial charge in [-0.15, -0.1) is 0 Å². The third-order valence-electron chi connectivity index (χ3n) is 2.92. The van der Waals surface area contributed by atoms with Crippen LogP contribution < -0.4 is 4.74 Å². The van der Waals surface area contributed by atoms with Gasteiger partial charge in [-0.05, 0) is 34.6 Å². The van der Waals surface area contributed by atoms with Crippen LogP contribution in [-0.2, 0) is 11.8 Å². The molecule has 0 aliphatic heterocycles. The van der Waals surface area contributed by atoms with Crippen LogP contribution in [0.5, 0.6) is 5.75 Å². The molecule has 0 atom stereocenters. The number of thiol groups is 1. The summed E-state index contributed by atoms with van der Waals surface area (Å²) >= 11 is 4.20. The second-order valence-corrected chi connectivity index (χ2v) is 5.95. The minimum absolute atomic E-state index is 0.0861. The molecule has 0 aliphatic rings. The maximum Gasteiger partial charge on any atom is 0.123 e. The van der Waals surface area contributed by atoms with Gasteiger partial charge >= 0.3 is 0 Å². The third-order valence-corrected chi connectivity index (χ3v) is 3.36. The lowest BCUT2D eigenvalue weighted by Gasteiger charge is -2.24. The van der Waals surface area contributed by atoms with Gasteiger partial charge in [-0.3, -0.25) is 0 Å². The van der Waals surface area contributed by atoms with Crippen LogP contribution in [0, 0.1) is 0 Å². The smallest absolute Gasteiger partial charge is 0.123 e. The monoisotopic (exact) mass is 264 g/mol. The molecule has 0 saturated heterocycles. The molecule has 0 saturated carbocycles. The number of ether oxygens (including phenoxy) is 1. The van der Waals surface area contributed by atoms with E-state index in [4.69, 9.17) is 4.74 Å². The van der Waals surface area contributed by atoms with Crippen LogP contribution in [0.15, 0.2) is 30.4 Å². The lowest BCUT2D eigenvalue weighted by atomic mass is 9.85. The zero-order chi connectivity index (χ0) is 13.8. The van der Waals surface area contributed by atoms with Crippen LogP contribution in [0.1, 0.15) is 38.8 Å². The van der Waals surface area contributed by atoms with Crippen molar-refractivity contribution in [3.8, 4) is 5.75 Å². The molecule has 18 heavy (non-hydrogen) atoms. The number of aryl methyl sites for hydroxylation is 1. The molecule has 0 radical (unpaired) electrons. The predicted molar refractivity (Wildman–Crippen MR) is 83.0 cm³/mol. The molecule has 0 unspecified atom stereocenters. The van der Waals surface area contributed by atoms with E-state index in [0.29, 0.717) is 12.4 Å². The molecule has 0 aromatic heterocycles. The van der Waals surface area contributed by atoms with Gasteiger partial charge in [0, 0.05) is 5.75 Å². The number of hydrogen-bond donors (Lipinski definition) is 1. The van der Waals surface area contributed by atoms with Crippen molar-refractivity contribution in [1.82, 2.24) is 0 Å². The number of rotatable bonds is 5. The van der Waals surface area contributed by atoms with Gasteiger partial charge in [0.05, 0.1) is 0 Å². The van der Waals surface area contributed by atoms with Crippen molar-refractivity contribution in [2.24, 2.45) is 0 Å². The highest BCUT2D eigenvalue weighted by molar-refractivity contribution is 7.80. The molecule has 0 bridgehead atoms. The van der Waals surface area contributed by atoms with Crippen LogP contribution in [0.3, 0.4) is 0 Å². The Kier molecular flexibility index (Phi) is 5.33. The van der Waals surface area contributed by atoms with Crippen molar-refractivity contribution < 1.29 is 4.74 Å². The van der Waals surface area contributed by atoms with Gasteiger partial charge in [-0.2, -0.15) is 12.6 Å². The minimum atomic E-state index is 0.0861. The Labute approximate surface area is 117 Å². The zero-order valence-electron chi connectivity index (χ0n) is 11.9. The summed E-state index contributed by atoms with van der Waals surface area (Å²) in [5.41, 5.74) is 3.69. The fourth-order valence-electron chi connectivity index (χ4n) is 1.73. The van der Waals surface area contributed by atoms with E-state index in [-0.39, 0.29) is 5.41 Å². The highest BCUT2D eigenvalue weighted by Crippen LogP contribution is 2.32. The summed E-state index contributed by atoms with van der Waals surface area (Å²) in [6, 6.07) is 6.46. The molecule has 1 nitrogen and oxygen atoms in total. The van der Waals surface area contributed by atoms with Crippen molar-refractivity contribution in [2.45, 2.75) is 39.5 Å². The standard InChI is InChI=1S/C16H24OS/c1-6-13-7-8-15(17-10-12(2)11-18)14(9-13)16(3,4)5/h7-9,18H,2,6,10-11H2,1,3-5H3. The summed E-state index contributed by atoms with van der Waals surface area (Å²) in [4.78, 5) is 0. The van der Waals surface area contributed by atoms with E-state index in [1.165, 1.54) is 11.1 Å². The molecule has 100 valence electrons. The summed E-state index contributed by atoms with van der Waals surface area (Å²) in [5, 5.41) is 0. The van der Waals surface area contributed by atoms with Crippen molar-refractivity contribution in [3.05, 3.63) is 41.5 Å². The van der Waals surface area contributed by atoms with Gasteiger partial charge in [-0.1, -0.05) is 46.4 Å². The Morgan fingerprint density at radius 1 is 1.33 bits per heavy atom. The van der Waals surface area contributed by atoms with Gasteiger partial charge in [-0.25, -0.2) is 0 Å². The van der Waals surface area contributed by atoms with Gasteiger partial charge in [0.25, 0.3) is 0 Å². The zero-order valence-corrected chi connectivity index (χ0v) is 12.8. The molecule has 0 N–H and O–H groups in total. The van der Waals surface area contributed by atoms with Crippen molar-refractivity contribution in [3.63, 3.8) is 0 Å². The van der Waals surface area contributed by atoms with E-state index in [1.54, 1.807) is 0 Å². The quantitative estimate of drug-likeness (QED) is 0.612. The molecular weight excluding hydrogens is 240 g/mol. The minimum Gasteiger partial charge on any atom is -0.489 e. The van der Waals surface area contributed by atoms with Gasteiger partial charge in [0.15, 0.2) is 0 Å². The molecule has 0 fully saturated rings. The summed E-state index contributed by atoms with van der Waals surface area (Å²) < 4.78 is 5.87. The Morgan fingerprint density at radius 3 is 2.50 bits per heavy atom. The molecule has 1 aromatic rings. The highest BCUT2D eigenvalue weighted by Gasteiger charge is 2.19. The van der Waals surface area contributed by atoms with E-state index in [1.807, 2.05) is 0 Å². The fourth-order valence-corrected chi connectivity index (χ4v) is 1.83. The van der Waals surface area contributed by atoms with E-state index >= 15 is 0 Å². The summed E-state index contributed by atoms with van der Waals surface area (Å²) in [5.74, 6) is 1.63. The van der Waals surface area contributed by atoms with E-state index in [0.717, 1.165) is 17.7 Å². The van der Waals surface area contributed by atoms with Crippen LogP contribution in [-0.4, -0.2) is 12.4 Å². The lowest BCUT2D eigenvalue weighted by molar-refractivity contribution is 0.342. The topological polar surface area (TPSA) is 9.23 Å². The van der Waals surface area contributed by atoms with Crippen LogP contribution >= 0.6 is 12.6 Å². The first-order valence-corrected chi connectivity index (χ1v) is 7.05.